The molecule has 0 bridgehead atoms. The molecule has 0 saturated heterocycles. The highest BCUT2D eigenvalue weighted by molar-refractivity contribution is 14.1. The van der Waals surface area contributed by atoms with Crippen LogP contribution >= 0.6 is 22.6 Å². The summed E-state index contributed by atoms with van der Waals surface area (Å²) < 4.78 is 6.75. The predicted molar refractivity (Wildman–Crippen MR) is 179 cm³/mol. The number of methoxy groups -OCH3 is 1. The maximum absolute atomic E-state index is 14.1. The quantitative estimate of drug-likeness (QED) is 0.138. The lowest BCUT2D eigenvalue weighted by atomic mass is 9.32. The van der Waals surface area contributed by atoms with Crippen molar-refractivity contribution in [1.29, 1.82) is 0 Å². The lowest BCUT2D eigenvalue weighted by Crippen LogP contribution is -2.67. The van der Waals surface area contributed by atoms with Crippen LogP contribution in [0.2, 0.25) is 0 Å². The van der Waals surface area contributed by atoms with E-state index in [0.717, 1.165) is 56.1 Å². The van der Waals surface area contributed by atoms with Gasteiger partial charge in [-0.05, 0) is 162 Å². The van der Waals surface area contributed by atoms with Crippen molar-refractivity contribution in [2.45, 2.75) is 99.3 Å². The van der Waals surface area contributed by atoms with Crippen LogP contribution in [0.5, 0.6) is 0 Å². The molecule has 0 aromatic heterocycles. The van der Waals surface area contributed by atoms with Crippen molar-refractivity contribution in [3.63, 3.8) is 0 Å². The number of hydrogen-bond acceptors (Lipinski definition) is 3. The molecule has 228 valence electrons. The number of hydrogen-bond donors (Lipinski definition) is 0. The Balaban J connectivity index is 1.42. The number of carbonyl (C=O) groups is 2. The van der Waals surface area contributed by atoms with Crippen LogP contribution in [0.15, 0.2) is 42.0 Å². The normalized spacial score (nSPS) is 44.9. The molecule has 0 aliphatic heterocycles. The van der Waals surface area contributed by atoms with E-state index in [2.05, 4.69) is 101 Å². The second-order valence-corrected chi connectivity index (χ2v) is 17.5. The summed E-state index contributed by atoms with van der Waals surface area (Å²) in [5.74, 6) is 2.53. The topological polar surface area (TPSA) is 43.4 Å². The van der Waals surface area contributed by atoms with Crippen LogP contribution in [0.25, 0.3) is 6.08 Å². The molecule has 5 saturated carbocycles. The van der Waals surface area contributed by atoms with Gasteiger partial charge in [-0.1, -0.05) is 58.9 Å². The molecule has 3 nitrogen and oxygen atoms in total. The Bertz CT molecular complexity index is 1360. The minimum atomic E-state index is -0.372. The number of ketones is 1. The van der Waals surface area contributed by atoms with Crippen LogP contribution in [0.4, 0.5) is 0 Å². The minimum absolute atomic E-state index is 0.0270. The highest BCUT2D eigenvalue weighted by Gasteiger charge is 2.72. The predicted octanol–water partition coefficient (Wildman–Crippen LogP) is 9.68. The van der Waals surface area contributed by atoms with Gasteiger partial charge in [0.2, 0.25) is 0 Å². The molecule has 1 aromatic rings. The number of carbonyl (C=O) groups excluding carboxylic acids is 2. The van der Waals surface area contributed by atoms with Gasteiger partial charge in [-0.25, -0.2) is 0 Å². The van der Waals surface area contributed by atoms with Gasteiger partial charge in [0.1, 0.15) is 0 Å². The second-order valence-electron chi connectivity index (χ2n) is 16.3. The number of Topliss-reactive ketones (excluding diaryl/α,β-unsaturated/α-hetero) is 1. The highest BCUT2D eigenvalue weighted by Crippen LogP contribution is 2.77. The third-order valence-electron chi connectivity index (χ3n) is 14.4. The van der Waals surface area contributed by atoms with E-state index in [1.807, 2.05) is 0 Å². The van der Waals surface area contributed by atoms with Gasteiger partial charge < -0.3 is 4.74 Å². The highest BCUT2D eigenvalue weighted by atomic mass is 127. The molecule has 42 heavy (non-hydrogen) atoms. The minimum Gasteiger partial charge on any atom is -0.469 e. The number of fused-ring (bicyclic) bond motifs is 7. The van der Waals surface area contributed by atoms with E-state index in [4.69, 9.17) is 4.74 Å². The maximum Gasteiger partial charge on any atom is 0.312 e. The van der Waals surface area contributed by atoms with E-state index in [-0.39, 0.29) is 33.0 Å². The summed E-state index contributed by atoms with van der Waals surface area (Å²) in [5.41, 5.74) is 3.05. The Morgan fingerprint density at radius 2 is 1.71 bits per heavy atom. The van der Waals surface area contributed by atoms with Gasteiger partial charge in [0, 0.05) is 8.99 Å². The SMILES string of the molecule is C=C(C)C1CCC2(C(=O)OC)CCC3(C)C(CCC4C5(C)C/C(=C\c6cccc(I)c6)C(=O)C(C)(C)C5CCC43C)C12. The summed E-state index contributed by atoms with van der Waals surface area (Å²) in [7, 11) is 1.59. The van der Waals surface area contributed by atoms with Crippen LogP contribution in [0, 0.1) is 60.2 Å². The van der Waals surface area contributed by atoms with Crippen molar-refractivity contribution in [3.8, 4) is 0 Å². The first-order chi connectivity index (χ1) is 19.7. The van der Waals surface area contributed by atoms with Crippen molar-refractivity contribution in [2.24, 2.45) is 56.7 Å². The monoisotopic (exact) mass is 682 g/mol. The molecular formula is C38H51IO3. The molecule has 0 heterocycles. The Morgan fingerprint density at radius 3 is 2.38 bits per heavy atom. The van der Waals surface area contributed by atoms with Gasteiger partial charge in [-0.2, -0.15) is 0 Å². The first-order valence-corrected chi connectivity index (χ1v) is 17.5. The number of ether oxygens (including phenoxy) is 1. The summed E-state index contributed by atoms with van der Waals surface area (Å²) in [6.07, 6.45) is 11.7. The van der Waals surface area contributed by atoms with Crippen molar-refractivity contribution < 1.29 is 14.3 Å². The Labute approximate surface area is 267 Å². The second kappa shape index (κ2) is 10.0. The molecule has 0 N–H and O–H groups in total. The standard InChI is InChI=1S/C38H51IO3/c1-23(2)27-14-17-38(33(41)42-8)19-18-36(6)28(31(27)38)12-13-30-35(5)22-25(20-24-10-9-11-26(39)21-24)32(40)34(3,4)29(35)15-16-37(30,36)7/h9-11,20-21,27-31H,1,12-19,22H2,2-8H3/b25-20+. The molecule has 0 radical (unpaired) electrons. The average Bonchev–Trinajstić information content (AvgIpc) is 3.33. The van der Waals surface area contributed by atoms with E-state index >= 15 is 0 Å². The zero-order valence-corrected chi connectivity index (χ0v) is 29.1. The zero-order valence-electron chi connectivity index (χ0n) is 26.9. The van der Waals surface area contributed by atoms with E-state index < -0.39 is 0 Å². The average molecular weight is 683 g/mol. The van der Waals surface area contributed by atoms with Crippen LogP contribution in [0.3, 0.4) is 0 Å². The Kier molecular flexibility index (Phi) is 7.31. The zero-order chi connectivity index (χ0) is 30.5. The van der Waals surface area contributed by atoms with Crippen molar-refractivity contribution in [1.82, 2.24) is 0 Å². The number of esters is 1. The summed E-state index contributed by atoms with van der Waals surface area (Å²) in [5, 5.41) is 0. The van der Waals surface area contributed by atoms with E-state index in [9.17, 15) is 9.59 Å². The maximum atomic E-state index is 14.1. The third-order valence-corrected chi connectivity index (χ3v) is 15.1. The summed E-state index contributed by atoms with van der Waals surface area (Å²) in [6.45, 7) is 18.9. The fraction of sp³-hybridized carbons (Fsp3) is 0.684. The molecule has 1 aromatic carbocycles. The van der Waals surface area contributed by atoms with Crippen LogP contribution < -0.4 is 0 Å². The van der Waals surface area contributed by atoms with Crippen molar-refractivity contribution in [2.75, 3.05) is 7.11 Å². The van der Waals surface area contributed by atoms with Crippen LogP contribution in [-0.2, 0) is 14.3 Å². The molecule has 5 fully saturated rings. The lowest BCUT2D eigenvalue weighted by Gasteiger charge is -2.72. The number of benzene rings is 1. The number of rotatable bonds is 3. The fourth-order valence-electron chi connectivity index (χ4n) is 12.5. The molecule has 6 rings (SSSR count). The van der Waals surface area contributed by atoms with Crippen LogP contribution in [-0.4, -0.2) is 18.9 Å². The van der Waals surface area contributed by atoms with Gasteiger partial charge >= 0.3 is 5.97 Å². The smallest absolute Gasteiger partial charge is 0.312 e. The Morgan fingerprint density at radius 1 is 0.976 bits per heavy atom. The largest absolute Gasteiger partial charge is 0.469 e. The molecule has 5 aliphatic rings. The van der Waals surface area contributed by atoms with Crippen molar-refractivity contribution in [3.05, 3.63) is 51.1 Å². The number of halogens is 1. The van der Waals surface area contributed by atoms with Gasteiger partial charge in [0.25, 0.3) is 0 Å². The summed E-state index contributed by atoms with van der Waals surface area (Å²) >= 11 is 2.36. The Hall–Kier alpha value is -1.43. The molecule has 5 aliphatic carbocycles. The molecule has 9 unspecified atom stereocenters. The summed E-state index contributed by atoms with van der Waals surface area (Å²) in [6, 6.07) is 8.53. The molecule has 4 heteroatoms. The molecular weight excluding hydrogens is 631 g/mol. The summed E-state index contributed by atoms with van der Waals surface area (Å²) in [4.78, 5) is 27.6. The molecule has 0 amide bonds. The first kappa shape index (κ1) is 30.6. The first-order valence-electron chi connectivity index (χ1n) is 16.4. The molecule has 0 spiro atoms. The fourth-order valence-corrected chi connectivity index (χ4v) is 13.0. The van der Waals surface area contributed by atoms with Gasteiger partial charge in [0.15, 0.2) is 5.78 Å². The van der Waals surface area contributed by atoms with Gasteiger partial charge in [-0.15, -0.1) is 0 Å². The van der Waals surface area contributed by atoms with Crippen molar-refractivity contribution >= 4 is 40.4 Å². The number of allylic oxidation sites excluding steroid dienone is 2. The van der Waals surface area contributed by atoms with E-state index in [1.165, 1.54) is 22.0 Å². The van der Waals surface area contributed by atoms with Gasteiger partial charge in [-0.3, -0.25) is 9.59 Å². The van der Waals surface area contributed by atoms with E-state index in [1.54, 1.807) is 7.11 Å². The van der Waals surface area contributed by atoms with Gasteiger partial charge in [0.05, 0.1) is 12.5 Å². The lowest BCUT2D eigenvalue weighted by molar-refractivity contribution is -0.232. The van der Waals surface area contributed by atoms with E-state index in [0.29, 0.717) is 35.4 Å². The van der Waals surface area contributed by atoms with Crippen LogP contribution in [0.1, 0.15) is 105 Å². The third kappa shape index (κ3) is 4.01. The molecule has 9 atom stereocenters.